The SMILES string of the molecule is C#CC#Cc1cccc(N)c1. The maximum absolute atomic E-state index is 5.51. The third-order valence-electron chi connectivity index (χ3n) is 1.17. The van der Waals surface area contributed by atoms with Crippen molar-refractivity contribution in [3.8, 4) is 24.2 Å². The fourth-order valence-electron chi connectivity index (χ4n) is 0.725. The first kappa shape index (κ1) is 7.25. The molecule has 0 heterocycles. The molecule has 52 valence electrons. The van der Waals surface area contributed by atoms with Crippen LogP contribution in [0.2, 0.25) is 0 Å². The van der Waals surface area contributed by atoms with Crippen LogP contribution in [0, 0.1) is 24.2 Å². The summed E-state index contributed by atoms with van der Waals surface area (Å²) in [4.78, 5) is 0. The predicted molar refractivity (Wildman–Crippen MR) is 46.6 cm³/mol. The number of nitrogen functional groups attached to an aromatic ring is 1. The highest BCUT2D eigenvalue weighted by molar-refractivity contribution is 5.48. The number of hydrogen-bond donors (Lipinski definition) is 1. The number of rotatable bonds is 0. The summed E-state index contributed by atoms with van der Waals surface area (Å²) in [6, 6.07) is 7.29. The number of hydrogen-bond acceptors (Lipinski definition) is 1. The molecule has 1 aromatic carbocycles. The van der Waals surface area contributed by atoms with E-state index in [-0.39, 0.29) is 0 Å². The van der Waals surface area contributed by atoms with Gasteiger partial charge in [0.2, 0.25) is 0 Å². The Bertz CT molecular complexity index is 347. The van der Waals surface area contributed by atoms with E-state index >= 15 is 0 Å². The van der Waals surface area contributed by atoms with Crippen LogP contribution in [0.1, 0.15) is 5.56 Å². The molecule has 1 rings (SSSR count). The summed E-state index contributed by atoms with van der Waals surface area (Å²) in [6.07, 6.45) is 4.96. The minimum atomic E-state index is 0.703. The van der Waals surface area contributed by atoms with Gasteiger partial charge in [0.05, 0.1) is 0 Å². The molecular weight excluding hydrogens is 134 g/mol. The minimum absolute atomic E-state index is 0.703. The Balaban J connectivity index is 2.99. The highest BCUT2D eigenvalue weighted by Crippen LogP contribution is 2.03. The van der Waals surface area contributed by atoms with Gasteiger partial charge in [-0.05, 0) is 30.0 Å². The highest BCUT2D eigenvalue weighted by Gasteiger charge is 1.85. The Morgan fingerprint density at radius 1 is 1.36 bits per heavy atom. The van der Waals surface area contributed by atoms with Crippen LogP contribution in [0.4, 0.5) is 5.69 Å². The molecule has 0 unspecified atom stereocenters. The smallest absolute Gasteiger partial charge is 0.0326 e. The Morgan fingerprint density at radius 3 is 2.82 bits per heavy atom. The van der Waals surface area contributed by atoms with Gasteiger partial charge < -0.3 is 5.73 Å². The summed E-state index contributed by atoms with van der Waals surface area (Å²) in [5, 5.41) is 0. The van der Waals surface area contributed by atoms with E-state index in [1.54, 1.807) is 12.1 Å². The third-order valence-corrected chi connectivity index (χ3v) is 1.17. The van der Waals surface area contributed by atoms with Crippen molar-refractivity contribution in [3.63, 3.8) is 0 Å². The van der Waals surface area contributed by atoms with Gasteiger partial charge in [-0.15, -0.1) is 6.42 Å². The van der Waals surface area contributed by atoms with E-state index in [0.717, 1.165) is 5.56 Å². The monoisotopic (exact) mass is 141 g/mol. The van der Waals surface area contributed by atoms with Crippen LogP contribution < -0.4 is 5.73 Å². The van der Waals surface area contributed by atoms with Crippen molar-refractivity contribution in [2.24, 2.45) is 0 Å². The Kier molecular flexibility index (Phi) is 2.20. The van der Waals surface area contributed by atoms with Crippen LogP contribution in [0.15, 0.2) is 24.3 Å². The van der Waals surface area contributed by atoms with Gasteiger partial charge in [-0.1, -0.05) is 12.0 Å². The van der Waals surface area contributed by atoms with Crippen LogP contribution in [0.3, 0.4) is 0 Å². The molecule has 0 aliphatic heterocycles. The molecule has 2 N–H and O–H groups in total. The zero-order valence-electron chi connectivity index (χ0n) is 5.96. The molecule has 0 aromatic heterocycles. The zero-order chi connectivity index (χ0) is 8.10. The largest absolute Gasteiger partial charge is 0.399 e. The summed E-state index contributed by atoms with van der Waals surface area (Å²) in [6.45, 7) is 0. The van der Waals surface area contributed by atoms with Gasteiger partial charge in [-0.25, -0.2) is 0 Å². The number of benzene rings is 1. The maximum atomic E-state index is 5.51. The van der Waals surface area contributed by atoms with Crippen LogP contribution in [0.5, 0.6) is 0 Å². The summed E-state index contributed by atoms with van der Waals surface area (Å²) < 4.78 is 0. The van der Waals surface area contributed by atoms with Crippen molar-refractivity contribution in [1.82, 2.24) is 0 Å². The Hall–Kier alpha value is -1.86. The molecule has 0 aliphatic carbocycles. The van der Waals surface area contributed by atoms with Gasteiger partial charge in [0, 0.05) is 11.3 Å². The summed E-state index contributed by atoms with van der Waals surface area (Å²) in [5.41, 5.74) is 7.06. The fourth-order valence-corrected chi connectivity index (χ4v) is 0.725. The average molecular weight is 141 g/mol. The van der Waals surface area contributed by atoms with Gasteiger partial charge in [0.1, 0.15) is 0 Å². The fraction of sp³-hybridized carbons (Fsp3) is 0. The van der Waals surface area contributed by atoms with Crippen LogP contribution in [0.25, 0.3) is 0 Å². The van der Waals surface area contributed by atoms with Crippen molar-refractivity contribution in [1.29, 1.82) is 0 Å². The van der Waals surface area contributed by atoms with E-state index in [9.17, 15) is 0 Å². The van der Waals surface area contributed by atoms with Crippen molar-refractivity contribution in [2.45, 2.75) is 0 Å². The number of anilines is 1. The predicted octanol–water partition coefficient (Wildman–Crippen LogP) is 1.25. The van der Waals surface area contributed by atoms with E-state index in [0.29, 0.717) is 5.69 Å². The molecule has 0 aliphatic rings. The highest BCUT2D eigenvalue weighted by atomic mass is 14.5. The van der Waals surface area contributed by atoms with Gasteiger partial charge in [0.15, 0.2) is 0 Å². The van der Waals surface area contributed by atoms with E-state index in [1.807, 2.05) is 12.1 Å². The van der Waals surface area contributed by atoms with E-state index in [4.69, 9.17) is 12.2 Å². The molecule has 0 amide bonds. The minimum Gasteiger partial charge on any atom is -0.399 e. The lowest BCUT2D eigenvalue weighted by Gasteiger charge is -1.91. The lowest BCUT2D eigenvalue weighted by atomic mass is 10.2. The first-order chi connectivity index (χ1) is 5.33. The quantitative estimate of drug-likeness (QED) is 0.427. The maximum Gasteiger partial charge on any atom is 0.0326 e. The van der Waals surface area contributed by atoms with Gasteiger partial charge in [-0.2, -0.15) is 0 Å². The third kappa shape index (κ3) is 2.08. The summed E-state index contributed by atoms with van der Waals surface area (Å²) in [5.74, 6) is 7.52. The lowest BCUT2D eigenvalue weighted by Crippen LogP contribution is -1.83. The molecule has 11 heavy (non-hydrogen) atoms. The first-order valence-electron chi connectivity index (χ1n) is 3.15. The van der Waals surface area contributed by atoms with Gasteiger partial charge in [0.25, 0.3) is 0 Å². The average Bonchev–Trinajstić information content (AvgIpc) is 2.01. The summed E-state index contributed by atoms with van der Waals surface area (Å²) in [7, 11) is 0. The molecule has 0 bridgehead atoms. The van der Waals surface area contributed by atoms with Crippen LogP contribution in [-0.2, 0) is 0 Å². The van der Waals surface area contributed by atoms with Crippen LogP contribution in [-0.4, -0.2) is 0 Å². The topological polar surface area (TPSA) is 26.0 Å². The van der Waals surface area contributed by atoms with E-state index in [1.165, 1.54) is 0 Å². The van der Waals surface area contributed by atoms with Gasteiger partial charge >= 0.3 is 0 Å². The zero-order valence-corrected chi connectivity index (χ0v) is 5.96. The van der Waals surface area contributed by atoms with Crippen molar-refractivity contribution < 1.29 is 0 Å². The van der Waals surface area contributed by atoms with Crippen molar-refractivity contribution >= 4 is 5.69 Å². The standard InChI is InChI=1S/C10H7N/c1-2-3-5-9-6-4-7-10(11)8-9/h1,4,6-8H,11H2. The number of nitrogens with two attached hydrogens (primary N) is 1. The number of terminal acetylenes is 1. The van der Waals surface area contributed by atoms with Crippen LogP contribution >= 0.6 is 0 Å². The molecule has 0 fully saturated rings. The molecule has 1 heteroatoms. The van der Waals surface area contributed by atoms with Crippen molar-refractivity contribution in [3.05, 3.63) is 29.8 Å². The molecule has 0 radical (unpaired) electrons. The second kappa shape index (κ2) is 3.34. The molecule has 1 nitrogen and oxygen atoms in total. The van der Waals surface area contributed by atoms with E-state index in [2.05, 4.69) is 17.8 Å². The second-order valence-electron chi connectivity index (χ2n) is 2.02. The molecule has 0 saturated carbocycles. The molecule has 0 saturated heterocycles. The molecule has 0 spiro atoms. The van der Waals surface area contributed by atoms with Gasteiger partial charge in [-0.3, -0.25) is 0 Å². The Labute approximate surface area is 66.2 Å². The van der Waals surface area contributed by atoms with Crippen molar-refractivity contribution in [2.75, 3.05) is 5.73 Å². The summed E-state index contributed by atoms with van der Waals surface area (Å²) >= 11 is 0. The second-order valence-corrected chi connectivity index (χ2v) is 2.02. The Morgan fingerprint density at radius 2 is 2.18 bits per heavy atom. The first-order valence-corrected chi connectivity index (χ1v) is 3.15. The molecular formula is C10H7N. The lowest BCUT2D eigenvalue weighted by molar-refractivity contribution is 1.63. The molecule has 1 aromatic rings. The molecule has 0 atom stereocenters. The van der Waals surface area contributed by atoms with E-state index < -0.39 is 0 Å². The normalized spacial score (nSPS) is 7.55.